The highest BCUT2D eigenvalue weighted by atomic mass is 19.4. The van der Waals surface area contributed by atoms with E-state index in [0.717, 1.165) is 31.7 Å². The number of carbonyl (C=O) groups is 1. The fourth-order valence-corrected chi connectivity index (χ4v) is 4.32. The normalized spacial score (nSPS) is 21.5. The zero-order valence-electron chi connectivity index (χ0n) is 15.6. The van der Waals surface area contributed by atoms with E-state index in [-0.39, 0.29) is 41.8 Å². The number of amides is 1. The molecule has 2 aromatic heterocycles. The van der Waals surface area contributed by atoms with Gasteiger partial charge in [-0.1, -0.05) is 6.42 Å². The fraction of sp³-hybridized carbons (Fsp3) is 0.400. The molecule has 5 nitrogen and oxygen atoms in total. The second-order valence-electron chi connectivity index (χ2n) is 7.53. The van der Waals surface area contributed by atoms with Gasteiger partial charge < -0.3 is 5.32 Å². The maximum absolute atomic E-state index is 13.7. The van der Waals surface area contributed by atoms with Crippen molar-refractivity contribution in [2.45, 2.75) is 38.3 Å². The summed E-state index contributed by atoms with van der Waals surface area (Å²) in [6, 6.07) is 0. The number of hydrogen-bond donors (Lipinski definition) is 1. The first-order valence-corrected chi connectivity index (χ1v) is 9.46. The first-order chi connectivity index (χ1) is 14.2. The quantitative estimate of drug-likeness (QED) is 0.710. The molecule has 0 radical (unpaired) electrons. The molecule has 0 aromatic carbocycles. The number of anilines is 1. The molecule has 2 aliphatic carbocycles. The molecule has 2 atom stereocenters. The number of alkyl halides is 3. The molecule has 4 rings (SSSR count). The van der Waals surface area contributed by atoms with Crippen molar-refractivity contribution in [3.63, 3.8) is 0 Å². The van der Waals surface area contributed by atoms with Crippen LogP contribution in [0.25, 0.3) is 5.57 Å². The van der Waals surface area contributed by atoms with Gasteiger partial charge in [0, 0.05) is 5.57 Å². The molecule has 2 unspecified atom stereocenters. The molecule has 2 aliphatic rings. The minimum absolute atomic E-state index is 0.0235. The highest BCUT2D eigenvalue weighted by molar-refractivity contribution is 6.04. The maximum Gasteiger partial charge on any atom is 0.413 e. The monoisotopic (exact) mass is 424 g/mol. The van der Waals surface area contributed by atoms with Gasteiger partial charge in [-0.05, 0) is 43.1 Å². The number of hydrogen-bond acceptors (Lipinski definition) is 4. The number of halogens is 5. The van der Waals surface area contributed by atoms with E-state index in [9.17, 15) is 26.7 Å². The van der Waals surface area contributed by atoms with E-state index in [1.807, 2.05) is 0 Å². The summed E-state index contributed by atoms with van der Waals surface area (Å²) in [5.74, 6) is -3.29. The number of rotatable bonds is 3. The summed E-state index contributed by atoms with van der Waals surface area (Å²) in [4.78, 5) is 23.4. The SMILES string of the molecule is O=C(Nc1cnc(C2=C(C(F)(F)F)CC3CCCC3C2)cn1)c1c(F)cncc1F. The highest BCUT2D eigenvalue weighted by Crippen LogP contribution is 2.50. The van der Waals surface area contributed by atoms with Crippen molar-refractivity contribution in [3.05, 3.63) is 53.3 Å². The van der Waals surface area contributed by atoms with E-state index in [4.69, 9.17) is 0 Å². The Morgan fingerprint density at radius 1 is 0.967 bits per heavy atom. The average molecular weight is 424 g/mol. The topological polar surface area (TPSA) is 67.8 Å². The van der Waals surface area contributed by atoms with Crippen LogP contribution in [-0.2, 0) is 0 Å². The van der Waals surface area contributed by atoms with Crippen LogP contribution in [0.2, 0.25) is 0 Å². The Bertz CT molecular complexity index is 983. The summed E-state index contributed by atoms with van der Waals surface area (Å²) in [6.07, 6.45) is 2.03. The van der Waals surface area contributed by atoms with Gasteiger partial charge in [-0.25, -0.2) is 13.8 Å². The third-order valence-electron chi connectivity index (χ3n) is 5.74. The summed E-state index contributed by atoms with van der Waals surface area (Å²) >= 11 is 0. The van der Waals surface area contributed by atoms with Crippen LogP contribution in [0.4, 0.5) is 27.8 Å². The molecule has 2 heterocycles. The predicted octanol–water partition coefficient (Wildman–Crippen LogP) is 4.93. The number of pyridine rings is 1. The molecule has 0 saturated heterocycles. The number of carbonyl (C=O) groups excluding carboxylic acids is 1. The van der Waals surface area contributed by atoms with Crippen molar-refractivity contribution in [1.82, 2.24) is 15.0 Å². The third-order valence-corrected chi connectivity index (χ3v) is 5.74. The van der Waals surface area contributed by atoms with Gasteiger partial charge in [-0.3, -0.25) is 14.8 Å². The molecule has 1 N–H and O–H groups in total. The van der Waals surface area contributed by atoms with Gasteiger partial charge in [0.1, 0.15) is 5.56 Å². The summed E-state index contributed by atoms with van der Waals surface area (Å²) < 4.78 is 68.1. The molecule has 158 valence electrons. The fourth-order valence-electron chi connectivity index (χ4n) is 4.32. The van der Waals surface area contributed by atoms with E-state index in [1.54, 1.807) is 0 Å². The molecular formula is C20H17F5N4O. The number of allylic oxidation sites excluding steroid dienone is 2. The Labute approximate surface area is 168 Å². The van der Waals surface area contributed by atoms with E-state index < -0.39 is 34.9 Å². The highest BCUT2D eigenvalue weighted by Gasteiger charge is 2.44. The maximum atomic E-state index is 13.7. The van der Waals surface area contributed by atoms with Crippen LogP contribution in [-0.4, -0.2) is 27.0 Å². The van der Waals surface area contributed by atoms with Crippen molar-refractivity contribution < 1.29 is 26.7 Å². The summed E-state index contributed by atoms with van der Waals surface area (Å²) in [5.41, 5.74) is -1.19. The van der Waals surface area contributed by atoms with Crippen molar-refractivity contribution in [2.75, 3.05) is 5.32 Å². The third kappa shape index (κ3) is 3.90. The zero-order valence-corrected chi connectivity index (χ0v) is 15.6. The number of nitrogens with one attached hydrogen (secondary N) is 1. The molecular weight excluding hydrogens is 407 g/mol. The molecule has 0 spiro atoms. The van der Waals surface area contributed by atoms with E-state index in [2.05, 4.69) is 20.3 Å². The molecule has 0 aliphatic heterocycles. The van der Waals surface area contributed by atoms with Crippen molar-refractivity contribution >= 4 is 17.3 Å². The van der Waals surface area contributed by atoms with Crippen molar-refractivity contribution in [3.8, 4) is 0 Å². The van der Waals surface area contributed by atoms with Gasteiger partial charge in [0.05, 0.1) is 30.5 Å². The molecule has 1 saturated carbocycles. The second-order valence-corrected chi connectivity index (χ2v) is 7.53. The molecule has 2 aromatic rings. The van der Waals surface area contributed by atoms with E-state index in [0.29, 0.717) is 12.4 Å². The number of fused-ring (bicyclic) bond motifs is 1. The molecule has 1 amide bonds. The van der Waals surface area contributed by atoms with E-state index in [1.165, 1.54) is 0 Å². The van der Waals surface area contributed by atoms with Gasteiger partial charge in [-0.2, -0.15) is 13.2 Å². The Balaban J connectivity index is 1.59. The van der Waals surface area contributed by atoms with Crippen LogP contribution in [0, 0.1) is 23.5 Å². The average Bonchev–Trinajstić information content (AvgIpc) is 3.14. The van der Waals surface area contributed by atoms with Gasteiger partial charge in [0.25, 0.3) is 5.91 Å². The zero-order chi connectivity index (χ0) is 21.5. The van der Waals surface area contributed by atoms with Crippen LogP contribution in [0.15, 0.2) is 30.4 Å². The largest absolute Gasteiger partial charge is 0.413 e. The molecule has 30 heavy (non-hydrogen) atoms. The number of nitrogens with zero attached hydrogens (tertiary/aromatic N) is 3. The Kier molecular flexibility index (Phi) is 5.25. The van der Waals surface area contributed by atoms with E-state index >= 15 is 0 Å². The van der Waals surface area contributed by atoms with Crippen LogP contribution >= 0.6 is 0 Å². The van der Waals surface area contributed by atoms with Crippen molar-refractivity contribution in [1.29, 1.82) is 0 Å². The van der Waals surface area contributed by atoms with Crippen molar-refractivity contribution in [2.24, 2.45) is 11.8 Å². The predicted molar refractivity (Wildman–Crippen MR) is 97.2 cm³/mol. The summed E-state index contributed by atoms with van der Waals surface area (Å²) in [7, 11) is 0. The molecule has 1 fully saturated rings. The Morgan fingerprint density at radius 2 is 1.63 bits per heavy atom. The molecule has 0 bridgehead atoms. The second kappa shape index (κ2) is 7.73. The van der Waals surface area contributed by atoms with Gasteiger partial charge >= 0.3 is 6.18 Å². The minimum atomic E-state index is -4.45. The van der Waals surface area contributed by atoms with Gasteiger partial charge in [-0.15, -0.1) is 0 Å². The van der Waals surface area contributed by atoms with Crippen LogP contribution in [0.1, 0.15) is 48.2 Å². The number of aromatic nitrogens is 3. The Morgan fingerprint density at radius 3 is 2.23 bits per heavy atom. The first kappa shape index (κ1) is 20.4. The smallest absolute Gasteiger partial charge is 0.305 e. The van der Waals surface area contributed by atoms with Gasteiger partial charge in [0.15, 0.2) is 17.5 Å². The lowest BCUT2D eigenvalue weighted by atomic mass is 9.76. The molecule has 10 heteroatoms. The Hall–Kier alpha value is -2.91. The summed E-state index contributed by atoms with van der Waals surface area (Å²) in [5, 5.41) is 2.19. The first-order valence-electron chi connectivity index (χ1n) is 9.46. The lowest BCUT2D eigenvalue weighted by Gasteiger charge is -2.31. The standard InChI is InChI=1S/C20H17F5N4O/c21-14-6-26-7-15(22)18(14)19(30)29-17-9-27-16(8-28-17)12-4-10-2-1-3-11(10)5-13(12)20(23,24)25/h6-11H,1-5H2,(H,28,29,30). The summed E-state index contributed by atoms with van der Waals surface area (Å²) in [6.45, 7) is 0. The lowest BCUT2D eigenvalue weighted by molar-refractivity contribution is -0.0962. The van der Waals surface area contributed by atoms with Gasteiger partial charge in [0.2, 0.25) is 0 Å². The van der Waals surface area contributed by atoms with Crippen LogP contribution < -0.4 is 5.32 Å². The minimum Gasteiger partial charge on any atom is -0.305 e. The lowest BCUT2D eigenvalue weighted by Crippen LogP contribution is -2.25. The van der Waals surface area contributed by atoms with Crippen LogP contribution in [0.5, 0.6) is 0 Å². The van der Waals surface area contributed by atoms with Crippen LogP contribution in [0.3, 0.4) is 0 Å².